The molecule has 0 spiro atoms. The molecule has 114 valence electrons. The average molecular weight is 300 g/mol. The summed E-state index contributed by atoms with van der Waals surface area (Å²) in [4.78, 5) is 18.3. The van der Waals surface area contributed by atoms with Gasteiger partial charge in [0.2, 0.25) is 0 Å². The molecule has 0 unspecified atom stereocenters. The highest BCUT2D eigenvalue weighted by atomic mass is 16.2. The van der Waals surface area contributed by atoms with E-state index in [1.165, 1.54) is 12.5 Å². The number of anilines is 1. The van der Waals surface area contributed by atoms with Crippen LogP contribution in [0.2, 0.25) is 0 Å². The van der Waals surface area contributed by atoms with Crippen LogP contribution in [0.5, 0.6) is 0 Å². The van der Waals surface area contributed by atoms with E-state index in [1.807, 2.05) is 20.3 Å². The molecular weight excluding hydrogens is 284 g/mol. The number of hydrogen-bond acceptors (Lipinski definition) is 6. The van der Waals surface area contributed by atoms with Gasteiger partial charge >= 0.3 is 0 Å². The number of hydrogen-bond donors (Lipinski definition) is 1. The number of carbonyl (C=O) groups is 1. The van der Waals surface area contributed by atoms with Gasteiger partial charge in [-0.3, -0.25) is 13.9 Å². The van der Waals surface area contributed by atoms with E-state index in [0.29, 0.717) is 11.5 Å². The Labute approximate surface area is 126 Å². The number of nitrogens with zero attached hydrogens (tertiary/aromatic N) is 7. The van der Waals surface area contributed by atoms with Crippen LogP contribution in [0, 0.1) is 0 Å². The predicted molar refractivity (Wildman–Crippen MR) is 79.5 cm³/mol. The summed E-state index contributed by atoms with van der Waals surface area (Å²) < 4.78 is 3.42. The second-order valence-corrected chi connectivity index (χ2v) is 5.09. The third-order valence-electron chi connectivity index (χ3n) is 3.07. The van der Waals surface area contributed by atoms with Gasteiger partial charge in [-0.25, -0.2) is 4.98 Å². The Morgan fingerprint density at radius 2 is 2.27 bits per heavy atom. The molecule has 1 N–H and O–H groups in total. The minimum atomic E-state index is -0.326. The van der Waals surface area contributed by atoms with Crippen molar-refractivity contribution in [1.82, 2.24) is 34.3 Å². The van der Waals surface area contributed by atoms with Gasteiger partial charge in [-0.05, 0) is 14.1 Å². The van der Waals surface area contributed by atoms with Crippen LogP contribution >= 0.6 is 0 Å². The molecule has 0 atom stereocenters. The lowest BCUT2D eigenvalue weighted by Crippen LogP contribution is -2.19. The summed E-state index contributed by atoms with van der Waals surface area (Å²) in [6.45, 7) is 1.63. The van der Waals surface area contributed by atoms with E-state index in [4.69, 9.17) is 0 Å². The Balaban J connectivity index is 1.68. The molecule has 0 saturated heterocycles. The molecule has 3 heterocycles. The molecule has 9 heteroatoms. The topological polar surface area (TPSA) is 93.2 Å². The van der Waals surface area contributed by atoms with Crippen LogP contribution in [0.25, 0.3) is 5.65 Å². The average Bonchev–Trinajstić information content (AvgIpc) is 3.12. The number of aromatic nitrogens is 6. The Kier molecular flexibility index (Phi) is 3.79. The molecule has 9 nitrogen and oxygen atoms in total. The van der Waals surface area contributed by atoms with Gasteiger partial charge in [-0.2, -0.15) is 5.10 Å². The van der Waals surface area contributed by atoms with Crippen molar-refractivity contribution in [2.24, 2.45) is 0 Å². The summed E-state index contributed by atoms with van der Waals surface area (Å²) in [5, 5.41) is 14.6. The van der Waals surface area contributed by atoms with Gasteiger partial charge in [0, 0.05) is 25.0 Å². The minimum absolute atomic E-state index is 0.273. The Hall–Kier alpha value is -2.81. The first-order chi connectivity index (χ1) is 10.6. The van der Waals surface area contributed by atoms with Crippen LogP contribution in [-0.4, -0.2) is 60.8 Å². The standard InChI is InChI=1S/C13H16N8O/c1-19(2)5-6-21-4-3-11(18-21)16-13(22)10-8-20-9-15-17-12(20)7-14-10/h3-4,7-9H,5-6H2,1-2H3,(H,16,18,22). The summed E-state index contributed by atoms with van der Waals surface area (Å²) in [5.41, 5.74) is 0.861. The highest BCUT2D eigenvalue weighted by Crippen LogP contribution is 2.06. The van der Waals surface area contributed by atoms with Gasteiger partial charge < -0.3 is 10.2 Å². The SMILES string of the molecule is CN(C)CCn1ccc(NC(=O)c2cn3cnnc3cn2)n1. The largest absolute Gasteiger partial charge is 0.308 e. The molecule has 3 aromatic heterocycles. The lowest BCUT2D eigenvalue weighted by atomic mass is 10.4. The maximum Gasteiger partial charge on any atom is 0.276 e. The van der Waals surface area contributed by atoms with Crippen molar-refractivity contribution in [3.8, 4) is 0 Å². The first-order valence-electron chi connectivity index (χ1n) is 6.77. The van der Waals surface area contributed by atoms with Gasteiger partial charge in [0.25, 0.3) is 5.91 Å². The van der Waals surface area contributed by atoms with Gasteiger partial charge in [0.05, 0.1) is 12.7 Å². The van der Waals surface area contributed by atoms with Crippen LogP contribution in [0.3, 0.4) is 0 Å². The van der Waals surface area contributed by atoms with Crippen LogP contribution in [0.4, 0.5) is 5.82 Å². The van der Waals surface area contributed by atoms with E-state index in [-0.39, 0.29) is 11.6 Å². The quantitative estimate of drug-likeness (QED) is 0.720. The molecule has 0 aliphatic heterocycles. The monoisotopic (exact) mass is 300 g/mol. The summed E-state index contributed by atoms with van der Waals surface area (Å²) >= 11 is 0. The Morgan fingerprint density at radius 3 is 3.09 bits per heavy atom. The third-order valence-corrected chi connectivity index (χ3v) is 3.07. The van der Waals surface area contributed by atoms with E-state index in [1.54, 1.807) is 21.3 Å². The fraction of sp³-hybridized carbons (Fsp3) is 0.308. The Morgan fingerprint density at radius 1 is 1.41 bits per heavy atom. The first-order valence-corrected chi connectivity index (χ1v) is 6.77. The number of rotatable bonds is 5. The van der Waals surface area contributed by atoms with Crippen LogP contribution in [-0.2, 0) is 6.54 Å². The molecular formula is C13H16N8O. The van der Waals surface area contributed by atoms with Crippen LogP contribution < -0.4 is 5.32 Å². The number of fused-ring (bicyclic) bond motifs is 1. The smallest absolute Gasteiger partial charge is 0.276 e. The number of nitrogens with one attached hydrogen (secondary N) is 1. The van der Waals surface area contributed by atoms with Crippen molar-refractivity contribution in [3.63, 3.8) is 0 Å². The van der Waals surface area contributed by atoms with Crippen molar-refractivity contribution < 1.29 is 4.79 Å². The number of carbonyl (C=O) groups excluding carboxylic acids is 1. The van der Waals surface area contributed by atoms with Crippen molar-refractivity contribution in [2.75, 3.05) is 26.0 Å². The van der Waals surface area contributed by atoms with Gasteiger partial charge in [-0.15, -0.1) is 10.2 Å². The van der Waals surface area contributed by atoms with Gasteiger partial charge in [-0.1, -0.05) is 0 Å². The van der Waals surface area contributed by atoms with E-state index >= 15 is 0 Å². The zero-order chi connectivity index (χ0) is 15.5. The minimum Gasteiger partial charge on any atom is -0.308 e. The lowest BCUT2D eigenvalue weighted by molar-refractivity contribution is 0.102. The summed E-state index contributed by atoms with van der Waals surface area (Å²) in [6, 6.07) is 1.75. The molecule has 0 aliphatic carbocycles. The van der Waals surface area contributed by atoms with Gasteiger partial charge in [0.15, 0.2) is 11.5 Å². The first kappa shape index (κ1) is 14.1. The maximum absolute atomic E-state index is 12.2. The van der Waals surface area contributed by atoms with Crippen molar-refractivity contribution in [3.05, 3.63) is 36.7 Å². The molecule has 3 aromatic rings. The zero-order valence-electron chi connectivity index (χ0n) is 12.3. The predicted octanol–water partition coefficient (Wildman–Crippen LogP) is 0.135. The van der Waals surface area contributed by atoms with E-state index in [2.05, 4.69) is 30.5 Å². The fourth-order valence-electron chi connectivity index (χ4n) is 1.89. The highest BCUT2D eigenvalue weighted by molar-refractivity contribution is 6.02. The molecule has 0 bridgehead atoms. The van der Waals surface area contributed by atoms with Crippen molar-refractivity contribution in [2.45, 2.75) is 6.54 Å². The molecule has 1 amide bonds. The van der Waals surface area contributed by atoms with Crippen molar-refractivity contribution in [1.29, 1.82) is 0 Å². The molecule has 0 fully saturated rings. The second kappa shape index (κ2) is 5.90. The van der Waals surface area contributed by atoms with E-state index in [0.717, 1.165) is 13.1 Å². The normalized spacial score (nSPS) is 11.2. The summed E-state index contributed by atoms with van der Waals surface area (Å²) in [7, 11) is 4.00. The third kappa shape index (κ3) is 3.09. The van der Waals surface area contributed by atoms with E-state index in [9.17, 15) is 4.79 Å². The molecule has 0 radical (unpaired) electrons. The molecule has 0 aromatic carbocycles. The van der Waals surface area contributed by atoms with Gasteiger partial charge in [0.1, 0.15) is 12.0 Å². The van der Waals surface area contributed by atoms with E-state index < -0.39 is 0 Å². The molecule has 22 heavy (non-hydrogen) atoms. The van der Waals surface area contributed by atoms with Crippen LogP contribution in [0.15, 0.2) is 31.0 Å². The van der Waals surface area contributed by atoms with Crippen LogP contribution in [0.1, 0.15) is 10.5 Å². The maximum atomic E-state index is 12.2. The molecule has 0 aliphatic rings. The highest BCUT2D eigenvalue weighted by Gasteiger charge is 2.11. The second-order valence-electron chi connectivity index (χ2n) is 5.09. The summed E-state index contributed by atoms with van der Waals surface area (Å²) in [6.07, 6.45) is 6.42. The number of likely N-dealkylation sites (N-methyl/N-ethyl adjacent to an activating group) is 1. The van der Waals surface area contributed by atoms with Crippen molar-refractivity contribution >= 4 is 17.4 Å². The lowest BCUT2D eigenvalue weighted by Gasteiger charge is -2.08. The molecule has 0 saturated carbocycles. The fourth-order valence-corrected chi connectivity index (χ4v) is 1.89. The number of amides is 1. The Bertz CT molecular complexity index is 790. The summed E-state index contributed by atoms with van der Waals surface area (Å²) in [5.74, 6) is 0.169. The zero-order valence-corrected chi connectivity index (χ0v) is 12.3. The molecule has 3 rings (SSSR count).